The summed E-state index contributed by atoms with van der Waals surface area (Å²) < 4.78 is 35.9. The summed E-state index contributed by atoms with van der Waals surface area (Å²) >= 11 is 0. The second-order valence-electron chi connectivity index (χ2n) is 7.96. The van der Waals surface area contributed by atoms with Crippen LogP contribution in [0.3, 0.4) is 0 Å². The van der Waals surface area contributed by atoms with E-state index in [1.165, 1.54) is 0 Å². The molecule has 0 bridgehead atoms. The lowest BCUT2D eigenvalue weighted by Gasteiger charge is -2.37. The Morgan fingerprint density at radius 3 is 2.33 bits per heavy atom. The Morgan fingerprint density at radius 1 is 1.11 bits per heavy atom. The summed E-state index contributed by atoms with van der Waals surface area (Å²) in [5.74, 6) is 1.55. The second kappa shape index (κ2) is 9.37. The molecule has 2 fully saturated rings. The summed E-state index contributed by atoms with van der Waals surface area (Å²) in [6.07, 6.45) is 6.39. The van der Waals surface area contributed by atoms with E-state index in [-0.39, 0.29) is 12.1 Å². The number of piperidine rings is 1. The highest BCUT2D eigenvalue weighted by molar-refractivity contribution is 7.87. The number of hydrogen-bond donors (Lipinski definition) is 2. The lowest BCUT2D eigenvalue weighted by molar-refractivity contribution is 0.139. The average molecular weight is 396 g/mol. The van der Waals surface area contributed by atoms with Crippen LogP contribution >= 0.6 is 0 Å². The smallest absolute Gasteiger partial charge is 0.277 e. The molecule has 1 unspecified atom stereocenters. The van der Waals surface area contributed by atoms with E-state index in [0.29, 0.717) is 6.54 Å². The maximum atomic E-state index is 12.5. The molecule has 1 aromatic rings. The van der Waals surface area contributed by atoms with E-state index in [0.717, 1.165) is 68.8 Å². The third-order valence-electron chi connectivity index (χ3n) is 5.90. The van der Waals surface area contributed by atoms with Crippen molar-refractivity contribution in [2.45, 2.75) is 57.5 Å². The summed E-state index contributed by atoms with van der Waals surface area (Å²) in [5.41, 5.74) is 1.12. The molecular formula is C20H33N3O3S. The Morgan fingerprint density at radius 2 is 1.74 bits per heavy atom. The molecule has 7 heteroatoms. The topological polar surface area (TPSA) is 70.7 Å². The first-order valence-corrected chi connectivity index (χ1v) is 11.6. The van der Waals surface area contributed by atoms with E-state index >= 15 is 0 Å². The molecule has 1 saturated heterocycles. The normalized spacial score (nSPS) is 21.4. The molecule has 0 amide bonds. The summed E-state index contributed by atoms with van der Waals surface area (Å²) in [4.78, 5) is 2.40. The van der Waals surface area contributed by atoms with Gasteiger partial charge < -0.3 is 4.74 Å². The first-order chi connectivity index (χ1) is 13.0. The largest absolute Gasteiger partial charge is 0.497 e. The number of nitrogens with zero attached hydrogens (tertiary/aromatic N) is 1. The molecule has 3 rings (SSSR count). The van der Waals surface area contributed by atoms with Crippen LogP contribution in [0.15, 0.2) is 24.3 Å². The van der Waals surface area contributed by atoms with Gasteiger partial charge in [-0.2, -0.15) is 13.1 Å². The molecule has 0 spiro atoms. The molecule has 2 N–H and O–H groups in total. The Balaban J connectivity index is 1.68. The number of hydrogen-bond acceptors (Lipinski definition) is 4. The van der Waals surface area contributed by atoms with Gasteiger partial charge in [-0.25, -0.2) is 4.72 Å². The fourth-order valence-electron chi connectivity index (χ4n) is 4.12. The van der Waals surface area contributed by atoms with E-state index in [1.54, 1.807) is 7.11 Å². The monoisotopic (exact) mass is 395 g/mol. The maximum absolute atomic E-state index is 12.5. The van der Waals surface area contributed by atoms with Gasteiger partial charge >= 0.3 is 0 Å². The van der Waals surface area contributed by atoms with Gasteiger partial charge in [0, 0.05) is 18.6 Å². The standard InChI is InChI=1S/C20H33N3O3S/c1-16-11-13-23(14-12-16)20(17-7-9-19(26-2)10-8-17)15-21-27(24,25)22-18-5-3-4-6-18/h7-10,16,18,20-22H,3-6,11-15H2,1-2H3. The van der Waals surface area contributed by atoms with Crippen molar-refractivity contribution in [1.29, 1.82) is 0 Å². The summed E-state index contributed by atoms with van der Waals surface area (Å²) in [7, 11) is -1.83. The first-order valence-electron chi connectivity index (χ1n) is 10.1. The molecule has 1 aromatic carbocycles. The van der Waals surface area contributed by atoms with Crippen LogP contribution in [0.25, 0.3) is 0 Å². The van der Waals surface area contributed by atoms with Crippen molar-refractivity contribution in [3.8, 4) is 5.75 Å². The molecule has 2 aliphatic rings. The van der Waals surface area contributed by atoms with E-state index in [1.807, 2.05) is 24.3 Å². The Hall–Kier alpha value is -1.15. The molecular weight excluding hydrogens is 362 g/mol. The molecule has 0 radical (unpaired) electrons. The van der Waals surface area contributed by atoms with Crippen molar-refractivity contribution in [2.24, 2.45) is 5.92 Å². The van der Waals surface area contributed by atoms with Gasteiger partial charge in [-0.1, -0.05) is 31.9 Å². The van der Waals surface area contributed by atoms with Crippen LogP contribution in [0, 0.1) is 5.92 Å². The molecule has 1 heterocycles. The van der Waals surface area contributed by atoms with Gasteiger partial charge in [0.05, 0.1) is 7.11 Å². The number of benzene rings is 1. The zero-order valence-corrected chi connectivity index (χ0v) is 17.3. The quantitative estimate of drug-likeness (QED) is 0.710. The average Bonchev–Trinajstić information content (AvgIpc) is 3.16. The van der Waals surface area contributed by atoms with Crippen molar-refractivity contribution in [3.63, 3.8) is 0 Å². The molecule has 6 nitrogen and oxygen atoms in total. The van der Waals surface area contributed by atoms with Gasteiger partial charge in [0.15, 0.2) is 0 Å². The van der Waals surface area contributed by atoms with Crippen molar-refractivity contribution in [1.82, 2.24) is 14.3 Å². The summed E-state index contributed by atoms with van der Waals surface area (Å²) in [5, 5.41) is 0. The zero-order valence-electron chi connectivity index (χ0n) is 16.5. The first kappa shape index (κ1) is 20.6. The molecule has 1 aliphatic heterocycles. The molecule has 1 atom stereocenters. The van der Waals surface area contributed by atoms with Crippen molar-refractivity contribution < 1.29 is 13.2 Å². The van der Waals surface area contributed by atoms with E-state index in [4.69, 9.17) is 4.74 Å². The van der Waals surface area contributed by atoms with Crippen LogP contribution in [-0.2, 0) is 10.2 Å². The Kier molecular flexibility index (Phi) is 7.14. The van der Waals surface area contributed by atoms with Gasteiger partial charge in [-0.3, -0.25) is 4.90 Å². The highest BCUT2D eigenvalue weighted by Gasteiger charge is 2.27. The van der Waals surface area contributed by atoms with Crippen molar-refractivity contribution in [3.05, 3.63) is 29.8 Å². The van der Waals surface area contributed by atoms with Gasteiger partial charge in [-0.15, -0.1) is 0 Å². The van der Waals surface area contributed by atoms with Gasteiger partial charge in [0.2, 0.25) is 0 Å². The van der Waals surface area contributed by atoms with Gasteiger partial charge in [-0.05, 0) is 62.4 Å². The number of likely N-dealkylation sites (tertiary alicyclic amines) is 1. The Labute approximate surface area is 163 Å². The molecule has 27 heavy (non-hydrogen) atoms. The van der Waals surface area contributed by atoms with Crippen LogP contribution in [0.5, 0.6) is 5.75 Å². The minimum atomic E-state index is -3.48. The second-order valence-corrected chi connectivity index (χ2v) is 9.49. The highest BCUT2D eigenvalue weighted by atomic mass is 32.2. The van der Waals surface area contributed by atoms with Crippen molar-refractivity contribution >= 4 is 10.2 Å². The van der Waals surface area contributed by atoms with Crippen LogP contribution in [0.4, 0.5) is 0 Å². The van der Waals surface area contributed by atoms with Crippen LogP contribution in [0.1, 0.15) is 57.1 Å². The van der Waals surface area contributed by atoms with Crippen molar-refractivity contribution in [2.75, 3.05) is 26.7 Å². The van der Waals surface area contributed by atoms with Crippen LogP contribution in [0.2, 0.25) is 0 Å². The summed E-state index contributed by atoms with van der Waals surface area (Å²) in [6, 6.07) is 8.09. The predicted molar refractivity (Wildman–Crippen MR) is 108 cm³/mol. The third kappa shape index (κ3) is 5.91. The van der Waals surface area contributed by atoms with E-state index < -0.39 is 10.2 Å². The highest BCUT2D eigenvalue weighted by Crippen LogP contribution is 2.28. The zero-order chi connectivity index (χ0) is 19.3. The minimum absolute atomic E-state index is 0.0311. The van der Waals surface area contributed by atoms with E-state index in [9.17, 15) is 8.42 Å². The molecule has 152 valence electrons. The molecule has 1 aliphatic carbocycles. The molecule has 0 aromatic heterocycles. The number of methoxy groups -OCH3 is 1. The lowest BCUT2D eigenvalue weighted by atomic mass is 9.96. The number of rotatable bonds is 8. The fourth-order valence-corrected chi connectivity index (χ4v) is 5.25. The fraction of sp³-hybridized carbons (Fsp3) is 0.700. The number of nitrogens with one attached hydrogen (secondary N) is 2. The van der Waals surface area contributed by atoms with Gasteiger partial charge in [0.1, 0.15) is 5.75 Å². The SMILES string of the molecule is COc1ccc(C(CNS(=O)(=O)NC2CCCC2)N2CCC(C)CC2)cc1. The third-order valence-corrected chi connectivity index (χ3v) is 7.09. The predicted octanol–water partition coefficient (Wildman–Crippen LogP) is 2.83. The number of ether oxygens (including phenoxy) is 1. The van der Waals surface area contributed by atoms with Crippen LogP contribution in [-0.4, -0.2) is 46.1 Å². The maximum Gasteiger partial charge on any atom is 0.277 e. The van der Waals surface area contributed by atoms with Crippen LogP contribution < -0.4 is 14.2 Å². The lowest BCUT2D eigenvalue weighted by Crippen LogP contribution is -2.46. The Bertz CT molecular complexity index is 679. The minimum Gasteiger partial charge on any atom is -0.497 e. The van der Waals surface area contributed by atoms with E-state index in [2.05, 4.69) is 21.3 Å². The van der Waals surface area contributed by atoms with Gasteiger partial charge in [0.25, 0.3) is 10.2 Å². The summed E-state index contributed by atoms with van der Waals surface area (Å²) in [6.45, 7) is 4.65. The molecule has 1 saturated carbocycles.